The van der Waals surface area contributed by atoms with Crippen molar-refractivity contribution in [2.45, 2.75) is 108 Å². The van der Waals surface area contributed by atoms with Gasteiger partial charge in [-0.15, -0.1) is 13.2 Å². The Bertz CT molecular complexity index is 685. The fourth-order valence-corrected chi connectivity index (χ4v) is 5.15. The third-order valence-corrected chi connectivity index (χ3v) is 6.97. The lowest BCUT2D eigenvalue weighted by Crippen LogP contribution is -2.40. The molecule has 0 aliphatic heterocycles. The third kappa shape index (κ3) is 7.15. The van der Waals surface area contributed by atoms with Crippen molar-refractivity contribution in [3.05, 3.63) is 29.8 Å². The van der Waals surface area contributed by atoms with Gasteiger partial charge in [-0.1, -0.05) is 51.2 Å². The summed E-state index contributed by atoms with van der Waals surface area (Å²) in [5, 5.41) is 0. The molecular weight excluding hydrogens is 405 g/mol. The zero-order valence-corrected chi connectivity index (χ0v) is 18.5. The van der Waals surface area contributed by atoms with E-state index in [1.165, 1.54) is 18.6 Å². The van der Waals surface area contributed by atoms with Crippen LogP contribution in [0.15, 0.2) is 24.3 Å². The Morgan fingerprint density at radius 3 is 2.23 bits per heavy atom. The number of ether oxygens (including phenoxy) is 2. The van der Waals surface area contributed by atoms with Gasteiger partial charge in [0.25, 0.3) is 0 Å². The molecule has 3 nitrogen and oxygen atoms in total. The fraction of sp³-hybridized carbons (Fsp3) is 0.720. The van der Waals surface area contributed by atoms with E-state index in [1.54, 1.807) is 12.1 Å². The van der Waals surface area contributed by atoms with Crippen LogP contribution >= 0.6 is 0 Å². The van der Waals surface area contributed by atoms with Gasteiger partial charge in [-0.25, -0.2) is 0 Å². The van der Waals surface area contributed by atoms with Crippen molar-refractivity contribution < 1.29 is 27.4 Å². The summed E-state index contributed by atoms with van der Waals surface area (Å²) in [7, 11) is 0. The summed E-state index contributed by atoms with van der Waals surface area (Å²) in [4.78, 5) is 12.9. The summed E-state index contributed by atoms with van der Waals surface area (Å²) < 4.78 is 47.4. The number of rotatable bonds is 8. The lowest BCUT2D eigenvalue weighted by atomic mass is 9.73. The maximum absolute atomic E-state index is 12.9. The summed E-state index contributed by atoms with van der Waals surface area (Å²) in [6.07, 6.45) is 8.26. The highest BCUT2D eigenvalue weighted by Crippen LogP contribution is 2.44. The number of esters is 1. The highest BCUT2D eigenvalue weighted by atomic mass is 19.4. The van der Waals surface area contributed by atoms with Crippen LogP contribution in [0.3, 0.4) is 0 Å². The van der Waals surface area contributed by atoms with Gasteiger partial charge in [0.15, 0.2) is 0 Å². The summed E-state index contributed by atoms with van der Waals surface area (Å²) in [6, 6.07) is 6.22. The second-order valence-corrected chi connectivity index (χ2v) is 9.29. The van der Waals surface area contributed by atoms with Gasteiger partial charge in [0.05, 0.1) is 5.92 Å². The molecule has 174 valence electrons. The first-order chi connectivity index (χ1) is 14.8. The van der Waals surface area contributed by atoms with Gasteiger partial charge in [-0.05, 0) is 75.0 Å². The molecule has 0 heterocycles. The summed E-state index contributed by atoms with van der Waals surface area (Å²) >= 11 is 0. The van der Waals surface area contributed by atoms with Crippen LogP contribution in [0.1, 0.15) is 102 Å². The van der Waals surface area contributed by atoms with Crippen LogP contribution in [-0.4, -0.2) is 17.9 Å². The molecule has 0 bridgehead atoms. The molecule has 2 fully saturated rings. The van der Waals surface area contributed by atoms with E-state index in [9.17, 15) is 18.0 Å². The minimum absolute atomic E-state index is 0.0108. The highest BCUT2D eigenvalue weighted by Gasteiger charge is 2.40. The zero-order valence-electron chi connectivity index (χ0n) is 18.5. The van der Waals surface area contributed by atoms with Crippen LogP contribution in [0.4, 0.5) is 13.2 Å². The Morgan fingerprint density at radius 2 is 1.65 bits per heavy atom. The smallest absolute Gasteiger partial charge is 0.459 e. The normalized spacial score (nSPS) is 25.2. The fourth-order valence-electron chi connectivity index (χ4n) is 5.15. The Balaban J connectivity index is 1.61. The predicted octanol–water partition coefficient (Wildman–Crippen LogP) is 7.69. The Kier molecular flexibility index (Phi) is 8.29. The molecule has 0 N–H and O–H groups in total. The van der Waals surface area contributed by atoms with Crippen molar-refractivity contribution in [3.63, 3.8) is 0 Å². The number of halogens is 3. The molecule has 0 amide bonds. The van der Waals surface area contributed by atoms with E-state index in [2.05, 4.69) is 11.7 Å². The number of benzene rings is 1. The molecule has 6 heteroatoms. The predicted molar refractivity (Wildman–Crippen MR) is 114 cm³/mol. The minimum atomic E-state index is -4.67. The van der Waals surface area contributed by atoms with Gasteiger partial charge in [0.1, 0.15) is 11.4 Å². The van der Waals surface area contributed by atoms with E-state index >= 15 is 0 Å². The average Bonchev–Trinajstić information content (AvgIpc) is 2.75. The van der Waals surface area contributed by atoms with Gasteiger partial charge in [-0.3, -0.25) is 4.79 Å². The van der Waals surface area contributed by atoms with Gasteiger partial charge < -0.3 is 9.47 Å². The number of carbonyl (C=O) groups excluding carboxylic acids is 1. The first-order valence-corrected chi connectivity index (χ1v) is 11.9. The lowest BCUT2D eigenvalue weighted by Gasteiger charge is -2.41. The monoisotopic (exact) mass is 440 g/mol. The molecule has 3 rings (SSSR count). The average molecular weight is 441 g/mol. The van der Waals surface area contributed by atoms with Crippen molar-refractivity contribution in [2.75, 3.05) is 0 Å². The third-order valence-electron chi connectivity index (χ3n) is 6.97. The molecule has 0 unspecified atom stereocenters. The molecule has 1 aromatic rings. The van der Waals surface area contributed by atoms with Crippen molar-refractivity contribution in [3.8, 4) is 5.75 Å². The van der Waals surface area contributed by atoms with Gasteiger partial charge in [-0.2, -0.15) is 0 Å². The van der Waals surface area contributed by atoms with Gasteiger partial charge >= 0.3 is 12.3 Å². The van der Waals surface area contributed by atoms with Gasteiger partial charge in [0, 0.05) is 0 Å². The quantitative estimate of drug-likeness (QED) is 0.307. The van der Waals surface area contributed by atoms with Crippen molar-refractivity contribution >= 4 is 5.97 Å². The molecule has 0 atom stereocenters. The number of unbranched alkanes of at least 4 members (excludes halogenated alkanes) is 2. The van der Waals surface area contributed by atoms with Gasteiger partial charge in [0.2, 0.25) is 0 Å². The van der Waals surface area contributed by atoms with E-state index in [4.69, 9.17) is 4.74 Å². The molecule has 0 saturated heterocycles. The van der Waals surface area contributed by atoms with Crippen molar-refractivity contribution in [1.82, 2.24) is 0 Å². The Labute approximate surface area is 183 Å². The van der Waals surface area contributed by atoms with Crippen LogP contribution in [0.5, 0.6) is 5.75 Å². The largest absolute Gasteiger partial charge is 0.573 e. The van der Waals surface area contributed by atoms with E-state index in [1.807, 2.05) is 0 Å². The molecule has 0 spiro atoms. The molecule has 0 radical (unpaired) electrons. The van der Waals surface area contributed by atoms with E-state index in [0.29, 0.717) is 0 Å². The number of hydrogen-bond donors (Lipinski definition) is 0. The molecule has 2 saturated carbocycles. The number of hydrogen-bond acceptors (Lipinski definition) is 3. The number of alkyl halides is 3. The second-order valence-electron chi connectivity index (χ2n) is 9.29. The Hall–Kier alpha value is -1.72. The summed E-state index contributed by atoms with van der Waals surface area (Å²) in [6.45, 7) is 2.17. The molecule has 31 heavy (non-hydrogen) atoms. The SMILES string of the molecule is CCCCCC1(OC(=O)C2CCCCC2)CCC(c2ccc(OC(F)(F)F)cc2)CC1. The second kappa shape index (κ2) is 10.7. The first kappa shape index (κ1) is 23.9. The summed E-state index contributed by atoms with van der Waals surface area (Å²) in [5.41, 5.74) is 0.648. The van der Waals surface area contributed by atoms with Crippen LogP contribution in [0, 0.1) is 5.92 Å². The number of carbonyl (C=O) groups is 1. The van der Waals surface area contributed by atoms with E-state index < -0.39 is 6.36 Å². The van der Waals surface area contributed by atoms with E-state index in [0.717, 1.165) is 82.6 Å². The van der Waals surface area contributed by atoms with Crippen LogP contribution in [0.25, 0.3) is 0 Å². The zero-order chi connectivity index (χ0) is 22.3. The topological polar surface area (TPSA) is 35.5 Å². The summed E-state index contributed by atoms with van der Waals surface area (Å²) in [5.74, 6) is 0.119. The van der Waals surface area contributed by atoms with Crippen LogP contribution < -0.4 is 4.74 Å². The highest BCUT2D eigenvalue weighted by molar-refractivity contribution is 5.73. The molecule has 0 aromatic heterocycles. The van der Waals surface area contributed by atoms with E-state index in [-0.39, 0.29) is 29.2 Å². The maximum Gasteiger partial charge on any atom is 0.573 e. The molecule has 2 aliphatic carbocycles. The van der Waals surface area contributed by atoms with Crippen LogP contribution in [-0.2, 0) is 9.53 Å². The van der Waals surface area contributed by atoms with Crippen molar-refractivity contribution in [2.24, 2.45) is 5.92 Å². The first-order valence-electron chi connectivity index (χ1n) is 11.9. The minimum Gasteiger partial charge on any atom is -0.459 e. The molecular formula is C25H35F3O3. The lowest BCUT2D eigenvalue weighted by molar-refractivity contribution is -0.274. The molecule has 1 aromatic carbocycles. The standard InChI is InChI=1S/C25H35F3O3/c1-2-3-7-16-24(31-23(29)21-8-5-4-6-9-21)17-14-20(15-18-24)19-10-12-22(13-11-19)30-25(26,27)28/h10-13,20-21H,2-9,14-18H2,1H3. The van der Waals surface area contributed by atoms with Crippen LogP contribution in [0.2, 0.25) is 0 Å². The maximum atomic E-state index is 12.9. The van der Waals surface area contributed by atoms with Crippen molar-refractivity contribution in [1.29, 1.82) is 0 Å². The Morgan fingerprint density at radius 1 is 1.00 bits per heavy atom. The molecule has 2 aliphatic rings.